The molecule has 2 aromatic heterocycles. The fraction of sp³-hybridized carbons (Fsp3) is 0.643. The van der Waals surface area contributed by atoms with Gasteiger partial charge in [-0.25, -0.2) is 4.98 Å². The molecule has 6 heteroatoms. The molecule has 0 spiro atoms. The molecular weight excluding hydrogens is 288 g/mol. The van der Waals surface area contributed by atoms with Crippen LogP contribution in [-0.2, 0) is 6.42 Å². The number of nitrogens with zero attached hydrogens (tertiary/aromatic N) is 3. The lowest BCUT2D eigenvalue weighted by molar-refractivity contribution is 0.635. The number of anilines is 1. The maximum Gasteiger partial charge on any atom is 0.206 e. The number of aryl methyl sites for hydroxylation is 1. The fourth-order valence-corrected chi connectivity index (χ4v) is 4.45. The monoisotopic (exact) mass is 310 g/mol. The van der Waals surface area contributed by atoms with Crippen molar-refractivity contribution in [3.05, 3.63) is 10.7 Å². The Morgan fingerprint density at radius 3 is 2.40 bits per heavy atom. The number of aromatic nitrogens is 3. The maximum absolute atomic E-state index is 4.84. The Balaban J connectivity index is 2.34. The van der Waals surface area contributed by atoms with Gasteiger partial charge in [0.05, 0.1) is 15.6 Å². The van der Waals surface area contributed by atoms with Crippen LogP contribution >= 0.6 is 22.7 Å². The summed E-state index contributed by atoms with van der Waals surface area (Å²) < 4.78 is 0. The minimum atomic E-state index is 0.570. The van der Waals surface area contributed by atoms with E-state index in [2.05, 4.69) is 43.2 Å². The van der Waals surface area contributed by atoms with Crippen LogP contribution in [0, 0.1) is 0 Å². The molecule has 0 aromatic carbocycles. The lowest BCUT2D eigenvalue weighted by Gasteiger charge is -2.06. The third kappa shape index (κ3) is 3.17. The molecule has 0 aliphatic carbocycles. The summed E-state index contributed by atoms with van der Waals surface area (Å²) in [7, 11) is 0. The first-order chi connectivity index (χ1) is 9.73. The predicted molar refractivity (Wildman–Crippen MR) is 87.9 cm³/mol. The Labute approximate surface area is 128 Å². The zero-order valence-corrected chi connectivity index (χ0v) is 14.2. The number of rotatable bonds is 7. The number of thiazole rings is 1. The second-order valence-corrected chi connectivity index (χ2v) is 6.65. The van der Waals surface area contributed by atoms with Gasteiger partial charge >= 0.3 is 0 Å². The van der Waals surface area contributed by atoms with E-state index in [-0.39, 0.29) is 0 Å². The Hall–Kier alpha value is -1.01. The first kappa shape index (κ1) is 15.4. The molecule has 0 unspecified atom stereocenters. The van der Waals surface area contributed by atoms with Crippen molar-refractivity contribution < 1.29 is 0 Å². The standard InChI is InChI=1S/C14H22N4S2/c1-5-9(6-2)12-16-10(7-3)11(19-12)13-17-18-14(20-13)15-8-4/h9H,5-8H2,1-4H3,(H,15,18). The summed E-state index contributed by atoms with van der Waals surface area (Å²) in [5.74, 6) is 0.570. The molecule has 0 radical (unpaired) electrons. The summed E-state index contributed by atoms with van der Waals surface area (Å²) >= 11 is 3.41. The fourth-order valence-electron chi connectivity index (χ4n) is 2.13. The van der Waals surface area contributed by atoms with Crippen LogP contribution in [0.4, 0.5) is 5.13 Å². The number of hydrogen-bond donors (Lipinski definition) is 1. The van der Waals surface area contributed by atoms with Gasteiger partial charge in [-0.05, 0) is 26.2 Å². The van der Waals surface area contributed by atoms with E-state index in [1.807, 2.05) is 0 Å². The molecule has 1 N–H and O–H groups in total. The molecule has 0 fully saturated rings. The van der Waals surface area contributed by atoms with E-state index in [1.165, 1.54) is 9.88 Å². The predicted octanol–water partition coefficient (Wildman–Crippen LogP) is 4.56. The van der Waals surface area contributed by atoms with Gasteiger partial charge in [0.2, 0.25) is 5.13 Å². The quantitative estimate of drug-likeness (QED) is 0.814. The van der Waals surface area contributed by atoms with Crippen LogP contribution in [0.3, 0.4) is 0 Å². The van der Waals surface area contributed by atoms with Gasteiger partial charge in [-0.1, -0.05) is 32.1 Å². The highest BCUT2D eigenvalue weighted by molar-refractivity contribution is 7.23. The van der Waals surface area contributed by atoms with E-state index in [4.69, 9.17) is 4.98 Å². The summed E-state index contributed by atoms with van der Waals surface area (Å²) in [6.07, 6.45) is 3.23. The van der Waals surface area contributed by atoms with E-state index in [0.717, 1.165) is 41.6 Å². The van der Waals surface area contributed by atoms with Crippen molar-refractivity contribution in [1.29, 1.82) is 0 Å². The highest BCUT2D eigenvalue weighted by atomic mass is 32.1. The van der Waals surface area contributed by atoms with Gasteiger partial charge in [-0.2, -0.15) is 0 Å². The summed E-state index contributed by atoms with van der Waals surface area (Å²) in [5, 5.41) is 14.9. The maximum atomic E-state index is 4.84. The van der Waals surface area contributed by atoms with Crippen LogP contribution in [0.1, 0.15) is 57.2 Å². The van der Waals surface area contributed by atoms with Gasteiger partial charge < -0.3 is 5.32 Å². The topological polar surface area (TPSA) is 50.7 Å². The molecule has 0 amide bonds. The first-order valence-electron chi connectivity index (χ1n) is 7.30. The first-order valence-corrected chi connectivity index (χ1v) is 8.93. The average Bonchev–Trinajstić information content (AvgIpc) is 3.07. The van der Waals surface area contributed by atoms with Crippen molar-refractivity contribution in [2.24, 2.45) is 0 Å². The van der Waals surface area contributed by atoms with E-state index >= 15 is 0 Å². The Morgan fingerprint density at radius 1 is 1.05 bits per heavy atom. The van der Waals surface area contributed by atoms with Crippen LogP contribution in [0.25, 0.3) is 9.88 Å². The van der Waals surface area contributed by atoms with Crippen LogP contribution in [0.15, 0.2) is 0 Å². The van der Waals surface area contributed by atoms with Gasteiger partial charge in [0, 0.05) is 12.5 Å². The zero-order valence-electron chi connectivity index (χ0n) is 12.6. The molecule has 0 saturated heterocycles. The molecule has 20 heavy (non-hydrogen) atoms. The summed E-state index contributed by atoms with van der Waals surface area (Å²) in [6.45, 7) is 9.55. The Morgan fingerprint density at radius 2 is 1.80 bits per heavy atom. The second-order valence-electron chi connectivity index (χ2n) is 4.64. The summed E-state index contributed by atoms with van der Waals surface area (Å²) in [5.41, 5.74) is 1.16. The van der Waals surface area contributed by atoms with Crippen molar-refractivity contribution in [3.8, 4) is 9.88 Å². The highest BCUT2D eigenvalue weighted by Crippen LogP contribution is 2.38. The number of nitrogens with one attached hydrogen (secondary N) is 1. The highest BCUT2D eigenvalue weighted by Gasteiger charge is 2.19. The van der Waals surface area contributed by atoms with Crippen molar-refractivity contribution in [2.75, 3.05) is 11.9 Å². The molecule has 0 aliphatic heterocycles. The molecule has 0 bridgehead atoms. The van der Waals surface area contributed by atoms with Crippen LogP contribution < -0.4 is 5.32 Å². The van der Waals surface area contributed by atoms with E-state index in [9.17, 15) is 0 Å². The molecule has 4 nitrogen and oxygen atoms in total. The summed E-state index contributed by atoms with van der Waals surface area (Å²) in [4.78, 5) is 6.04. The smallest absolute Gasteiger partial charge is 0.206 e. The zero-order chi connectivity index (χ0) is 14.5. The minimum Gasteiger partial charge on any atom is -0.360 e. The summed E-state index contributed by atoms with van der Waals surface area (Å²) in [6, 6.07) is 0. The van der Waals surface area contributed by atoms with Gasteiger partial charge in [0.25, 0.3) is 0 Å². The van der Waals surface area contributed by atoms with Crippen molar-refractivity contribution in [3.63, 3.8) is 0 Å². The second kappa shape index (κ2) is 7.13. The van der Waals surface area contributed by atoms with Crippen LogP contribution in [0.2, 0.25) is 0 Å². The average molecular weight is 310 g/mol. The molecule has 2 heterocycles. The molecule has 0 atom stereocenters. The van der Waals surface area contributed by atoms with E-state index in [1.54, 1.807) is 22.7 Å². The normalized spacial score (nSPS) is 11.2. The van der Waals surface area contributed by atoms with Gasteiger partial charge in [-0.3, -0.25) is 0 Å². The molecular formula is C14H22N4S2. The third-order valence-electron chi connectivity index (χ3n) is 3.33. The molecule has 110 valence electrons. The Kier molecular flexibility index (Phi) is 5.48. The third-order valence-corrected chi connectivity index (χ3v) is 5.63. The number of hydrogen-bond acceptors (Lipinski definition) is 6. The van der Waals surface area contributed by atoms with Crippen LogP contribution in [-0.4, -0.2) is 21.7 Å². The van der Waals surface area contributed by atoms with Crippen LogP contribution in [0.5, 0.6) is 0 Å². The lowest BCUT2D eigenvalue weighted by Crippen LogP contribution is -1.94. The van der Waals surface area contributed by atoms with Gasteiger partial charge in [0.15, 0.2) is 5.01 Å². The van der Waals surface area contributed by atoms with Crippen molar-refractivity contribution in [1.82, 2.24) is 15.2 Å². The van der Waals surface area contributed by atoms with Crippen molar-refractivity contribution in [2.45, 2.75) is 52.9 Å². The lowest BCUT2D eigenvalue weighted by atomic mass is 10.1. The largest absolute Gasteiger partial charge is 0.360 e. The molecule has 0 saturated carbocycles. The van der Waals surface area contributed by atoms with Crippen molar-refractivity contribution >= 4 is 27.8 Å². The molecule has 0 aliphatic rings. The molecule has 2 rings (SSSR count). The van der Waals surface area contributed by atoms with Gasteiger partial charge in [-0.15, -0.1) is 21.5 Å². The Bertz CT molecular complexity index is 543. The minimum absolute atomic E-state index is 0.570. The van der Waals surface area contributed by atoms with E-state index in [0.29, 0.717) is 5.92 Å². The van der Waals surface area contributed by atoms with Gasteiger partial charge in [0.1, 0.15) is 0 Å². The SMILES string of the molecule is CCNc1nnc(-c2sc(C(CC)CC)nc2CC)s1. The molecule has 2 aromatic rings. The van der Waals surface area contributed by atoms with E-state index < -0.39 is 0 Å².